The molecule has 4 rings (SSSR count). The predicted molar refractivity (Wildman–Crippen MR) is 117 cm³/mol. The summed E-state index contributed by atoms with van der Waals surface area (Å²) >= 11 is 0. The van der Waals surface area contributed by atoms with Crippen molar-refractivity contribution in [3.05, 3.63) is 40.7 Å². The van der Waals surface area contributed by atoms with E-state index in [1.54, 1.807) is 14.2 Å². The zero-order chi connectivity index (χ0) is 21.3. The topological polar surface area (TPSA) is 61.1 Å². The molecule has 3 aromatic rings. The first kappa shape index (κ1) is 20.6. The molecule has 0 N–H and O–H groups in total. The highest BCUT2D eigenvalue weighted by atomic mass is 16.5. The Morgan fingerprint density at radius 2 is 2.00 bits per heavy atom. The van der Waals surface area contributed by atoms with Gasteiger partial charge in [-0.25, -0.2) is 4.98 Å². The van der Waals surface area contributed by atoms with Crippen molar-refractivity contribution in [2.75, 3.05) is 38.8 Å². The highest BCUT2D eigenvalue weighted by Crippen LogP contribution is 2.37. The van der Waals surface area contributed by atoms with Crippen molar-refractivity contribution in [1.82, 2.24) is 14.6 Å². The van der Waals surface area contributed by atoms with Crippen LogP contribution in [0.4, 0.5) is 5.82 Å². The Labute approximate surface area is 177 Å². The fourth-order valence-electron chi connectivity index (χ4n) is 4.21. The molecule has 0 radical (unpaired) electrons. The largest absolute Gasteiger partial charge is 0.497 e. The van der Waals surface area contributed by atoms with Crippen molar-refractivity contribution >= 4 is 11.5 Å². The Hall–Kier alpha value is -2.64. The van der Waals surface area contributed by atoms with Crippen molar-refractivity contribution in [1.29, 1.82) is 0 Å². The molecule has 0 bridgehead atoms. The summed E-state index contributed by atoms with van der Waals surface area (Å²) in [4.78, 5) is 7.36. The molecule has 30 heavy (non-hydrogen) atoms. The lowest BCUT2D eigenvalue weighted by Gasteiger charge is -2.26. The van der Waals surface area contributed by atoms with E-state index in [4.69, 9.17) is 24.3 Å². The van der Waals surface area contributed by atoms with E-state index in [0.29, 0.717) is 19.8 Å². The van der Waals surface area contributed by atoms with Gasteiger partial charge in [0.1, 0.15) is 11.6 Å². The monoisotopic (exact) mass is 410 g/mol. The zero-order valence-electron chi connectivity index (χ0n) is 18.5. The van der Waals surface area contributed by atoms with Gasteiger partial charge < -0.3 is 19.1 Å². The van der Waals surface area contributed by atoms with Gasteiger partial charge in [0.25, 0.3) is 0 Å². The molecule has 7 nitrogen and oxygen atoms in total. The van der Waals surface area contributed by atoms with Crippen molar-refractivity contribution in [3.8, 4) is 16.9 Å². The van der Waals surface area contributed by atoms with Crippen LogP contribution < -0.4 is 9.64 Å². The van der Waals surface area contributed by atoms with Gasteiger partial charge in [-0.05, 0) is 43.5 Å². The summed E-state index contributed by atoms with van der Waals surface area (Å²) in [5.41, 5.74) is 7.30. The number of methoxy groups -OCH3 is 2. The molecule has 1 aromatic carbocycles. The number of hydrogen-bond acceptors (Lipinski definition) is 6. The molecular formula is C23H30N4O3. The summed E-state index contributed by atoms with van der Waals surface area (Å²) in [6, 6.07) is 6.14. The summed E-state index contributed by atoms with van der Waals surface area (Å²) < 4.78 is 18.6. The molecule has 0 unspecified atom stereocenters. The van der Waals surface area contributed by atoms with E-state index in [2.05, 4.69) is 37.8 Å². The van der Waals surface area contributed by atoms with Crippen LogP contribution in [-0.2, 0) is 22.7 Å². The van der Waals surface area contributed by atoms with Gasteiger partial charge in [0, 0.05) is 31.3 Å². The van der Waals surface area contributed by atoms with Crippen LogP contribution in [0, 0.1) is 13.8 Å². The van der Waals surface area contributed by atoms with Crippen molar-refractivity contribution in [2.45, 2.75) is 40.4 Å². The molecule has 1 aliphatic rings. The molecule has 3 heterocycles. The quantitative estimate of drug-likeness (QED) is 0.561. The molecule has 0 fully saturated rings. The summed E-state index contributed by atoms with van der Waals surface area (Å²) in [6.07, 6.45) is 1.04. The maximum absolute atomic E-state index is 5.78. The number of benzene rings is 1. The van der Waals surface area contributed by atoms with Crippen molar-refractivity contribution in [3.63, 3.8) is 0 Å². The molecule has 0 amide bonds. The van der Waals surface area contributed by atoms with Crippen LogP contribution in [0.3, 0.4) is 0 Å². The summed E-state index contributed by atoms with van der Waals surface area (Å²) in [5.74, 6) is 1.92. The molecule has 160 valence electrons. The molecule has 2 aromatic heterocycles. The average molecular weight is 411 g/mol. The molecule has 0 saturated heterocycles. The Bertz CT molecular complexity index is 1060. The first-order chi connectivity index (χ1) is 14.6. The van der Waals surface area contributed by atoms with Crippen LogP contribution in [0.25, 0.3) is 16.8 Å². The van der Waals surface area contributed by atoms with Crippen LogP contribution in [0.5, 0.6) is 5.75 Å². The van der Waals surface area contributed by atoms with E-state index >= 15 is 0 Å². The third-order valence-corrected chi connectivity index (χ3v) is 5.64. The van der Waals surface area contributed by atoms with E-state index in [9.17, 15) is 0 Å². The Morgan fingerprint density at radius 1 is 1.17 bits per heavy atom. The lowest BCUT2D eigenvalue weighted by Crippen LogP contribution is -2.31. The van der Waals surface area contributed by atoms with E-state index < -0.39 is 0 Å². The van der Waals surface area contributed by atoms with Gasteiger partial charge in [-0.15, -0.1) is 0 Å². The molecule has 0 saturated carbocycles. The zero-order valence-corrected chi connectivity index (χ0v) is 18.5. The van der Waals surface area contributed by atoms with E-state index in [0.717, 1.165) is 70.4 Å². The van der Waals surface area contributed by atoms with Crippen LogP contribution in [-0.4, -0.2) is 48.5 Å². The van der Waals surface area contributed by atoms with Gasteiger partial charge in [-0.3, -0.25) is 0 Å². The minimum absolute atomic E-state index is 0.536. The minimum Gasteiger partial charge on any atom is -0.497 e. The SMILES string of the molecule is CCCN(CCOC)c1c2c(nc3c(-c4ccc(OC)cc4C)c(C)nn13)COC2. The Balaban J connectivity index is 1.95. The maximum atomic E-state index is 5.78. The lowest BCUT2D eigenvalue weighted by molar-refractivity contribution is 0.133. The number of hydrogen-bond donors (Lipinski definition) is 0. The average Bonchev–Trinajstić information content (AvgIpc) is 3.33. The van der Waals surface area contributed by atoms with Gasteiger partial charge in [-0.1, -0.05) is 13.0 Å². The van der Waals surface area contributed by atoms with E-state index in [1.165, 1.54) is 0 Å². The maximum Gasteiger partial charge on any atom is 0.165 e. The normalized spacial score (nSPS) is 13.1. The van der Waals surface area contributed by atoms with Crippen LogP contribution in [0.2, 0.25) is 0 Å². The van der Waals surface area contributed by atoms with Gasteiger partial charge in [0.2, 0.25) is 0 Å². The minimum atomic E-state index is 0.536. The smallest absolute Gasteiger partial charge is 0.165 e. The van der Waals surface area contributed by atoms with Gasteiger partial charge >= 0.3 is 0 Å². The number of aryl methyl sites for hydroxylation is 2. The third-order valence-electron chi connectivity index (χ3n) is 5.64. The number of ether oxygens (including phenoxy) is 3. The fraction of sp³-hybridized carbons (Fsp3) is 0.478. The van der Waals surface area contributed by atoms with Crippen LogP contribution in [0.1, 0.15) is 35.9 Å². The summed E-state index contributed by atoms with van der Waals surface area (Å²) in [6.45, 7) is 9.82. The van der Waals surface area contributed by atoms with Crippen LogP contribution in [0.15, 0.2) is 18.2 Å². The van der Waals surface area contributed by atoms with Gasteiger partial charge in [-0.2, -0.15) is 9.61 Å². The third kappa shape index (κ3) is 3.52. The first-order valence-corrected chi connectivity index (χ1v) is 10.5. The molecule has 0 atom stereocenters. The second-order valence-corrected chi connectivity index (χ2v) is 7.71. The molecule has 1 aliphatic heterocycles. The first-order valence-electron chi connectivity index (χ1n) is 10.5. The number of fused-ring (bicyclic) bond motifs is 2. The second-order valence-electron chi connectivity index (χ2n) is 7.71. The van der Waals surface area contributed by atoms with E-state index in [1.807, 2.05) is 10.6 Å². The predicted octanol–water partition coefficient (Wildman–Crippen LogP) is 3.91. The van der Waals surface area contributed by atoms with Crippen LogP contribution >= 0.6 is 0 Å². The van der Waals surface area contributed by atoms with E-state index in [-0.39, 0.29) is 0 Å². The van der Waals surface area contributed by atoms with Gasteiger partial charge in [0.15, 0.2) is 5.65 Å². The number of anilines is 1. The molecule has 0 aliphatic carbocycles. The molecule has 7 heteroatoms. The number of nitrogens with zero attached hydrogens (tertiary/aromatic N) is 4. The van der Waals surface area contributed by atoms with Crippen molar-refractivity contribution in [2.24, 2.45) is 0 Å². The molecular weight excluding hydrogens is 380 g/mol. The fourth-order valence-corrected chi connectivity index (χ4v) is 4.21. The second kappa shape index (κ2) is 8.62. The lowest BCUT2D eigenvalue weighted by atomic mass is 10.0. The van der Waals surface area contributed by atoms with Crippen molar-refractivity contribution < 1.29 is 14.2 Å². The standard InChI is InChI=1S/C23H30N4O3/c1-6-9-26(10-11-28-4)23-19-13-30-14-20(19)24-22-21(16(3)25-27(22)23)18-8-7-17(29-5)12-15(18)2/h7-8,12H,6,9-11,13-14H2,1-5H3. The highest BCUT2D eigenvalue weighted by molar-refractivity contribution is 5.83. The Kier molecular flexibility index (Phi) is 5.92. The summed E-state index contributed by atoms with van der Waals surface area (Å²) in [7, 11) is 3.43. The summed E-state index contributed by atoms with van der Waals surface area (Å²) in [5, 5.41) is 4.95. The van der Waals surface area contributed by atoms with Gasteiger partial charge in [0.05, 0.1) is 38.3 Å². The molecule has 0 spiro atoms. The Morgan fingerprint density at radius 3 is 2.70 bits per heavy atom. The highest BCUT2D eigenvalue weighted by Gasteiger charge is 2.27. The number of aromatic nitrogens is 3. The number of rotatable bonds is 8.